The Kier molecular flexibility index (Phi) is 5.17. The Bertz CT molecular complexity index is 793. The number of hydrogen-bond donors (Lipinski definition) is 0. The number of esters is 1. The van der Waals surface area contributed by atoms with Gasteiger partial charge in [0.25, 0.3) is 0 Å². The fourth-order valence-corrected chi connectivity index (χ4v) is 5.88. The molecule has 0 bridgehead atoms. The Hall–Kier alpha value is -2.13. The number of carbonyl (C=O) groups is 1. The molecule has 2 saturated heterocycles. The van der Waals surface area contributed by atoms with Crippen molar-refractivity contribution >= 4 is 5.97 Å². The van der Waals surface area contributed by atoms with Gasteiger partial charge in [-0.2, -0.15) is 0 Å². The maximum atomic E-state index is 13.1. The minimum absolute atomic E-state index is 0.00867. The van der Waals surface area contributed by atoms with Crippen molar-refractivity contribution in [1.29, 1.82) is 0 Å². The molecule has 3 atom stereocenters. The Labute approximate surface area is 174 Å². The van der Waals surface area contributed by atoms with Crippen LogP contribution >= 0.6 is 0 Å². The van der Waals surface area contributed by atoms with Crippen LogP contribution in [-0.4, -0.2) is 36.6 Å². The van der Waals surface area contributed by atoms with E-state index in [0.717, 1.165) is 6.42 Å². The molecule has 3 fully saturated rings. The predicted molar refractivity (Wildman–Crippen MR) is 115 cm³/mol. The van der Waals surface area contributed by atoms with E-state index in [-0.39, 0.29) is 17.3 Å². The highest BCUT2D eigenvalue weighted by atomic mass is 16.5. The van der Waals surface area contributed by atoms with E-state index in [2.05, 4.69) is 53.4 Å². The fourth-order valence-electron chi connectivity index (χ4n) is 5.88. The van der Waals surface area contributed by atoms with Crippen molar-refractivity contribution in [2.45, 2.75) is 50.0 Å². The molecule has 2 heterocycles. The number of hydrogen-bond acceptors (Lipinski definition) is 3. The van der Waals surface area contributed by atoms with Crippen molar-refractivity contribution in [3.63, 3.8) is 0 Å². The molecule has 0 spiro atoms. The number of carbonyl (C=O) groups excluding carboxylic acids is 1. The number of piperidine rings is 2. The minimum Gasteiger partial charge on any atom is -0.465 e. The molecule has 0 radical (unpaired) electrons. The van der Waals surface area contributed by atoms with Crippen LogP contribution in [0.1, 0.15) is 49.7 Å². The average Bonchev–Trinajstić information content (AvgIpc) is 3.56. The van der Waals surface area contributed by atoms with Crippen LogP contribution in [0.3, 0.4) is 0 Å². The normalized spacial score (nSPS) is 28.3. The lowest BCUT2D eigenvalue weighted by Crippen LogP contribution is -2.49. The summed E-state index contributed by atoms with van der Waals surface area (Å²) in [5.41, 5.74) is 2.23. The molecule has 152 valence electrons. The van der Waals surface area contributed by atoms with Gasteiger partial charge in [-0.1, -0.05) is 67.1 Å². The van der Waals surface area contributed by atoms with Gasteiger partial charge in [-0.05, 0) is 56.3 Å². The van der Waals surface area contributed by atoms with Crippen LogP contribution in [0.5, 0.6) is 0 Å². The third kappa shape index (κ3) is 3.50. The maximum absolute atomic E-state index is 13.1. The molecule has 3 heteroatoms. The van der Waals surface area contributed by atoms with Gasteiger partial charge in [-0.15, -0.1) is 0 Å². The molecule has 0 aromatic heterocycles. The molecule has 2 aromatic carbocycles. The van der Waals surface area contributed by atoms with E-state index < -0.39 is 0 Å². The van der Waals surface area contributed by atoms with Gasteiger partial charge in [-0.25, -0.2) is 0 Å². The fraction of sp³-hybridized carbons (Fsp3) is 0.500. The van der Waals surface area contributed by atoms with E-state index in [4.69, 9.17) is 4.74 Å². The van der Waals surface area contributed by atoms with E-state index in [1.54, 1.807) is 0 Å². The van der Waals surface area contributed by atoms with E-state index in [1.165, 1.54) is 56.3 Å². The topological polar surface area (TPSA) is 29.5 Å². The van der Waals surface area contributed by atoms with Crippen molar-refractivity contribution < 1.29 is 9.53 Å². The average molecular weight is 390 g/mol. The summed E-state index contributed by atoms with van der Waals surface area (Å²) >= 11 is 0. The third-order valence-corrected chi connectivity index (χ3v) is 7.49. The zero-order valence-corrected chi connectivity index (χ0v) is 17.1. The molecular weight excluding hydrogens is 358 g/mol. The number of ether oxygens (including phenoxy) is 1. The summed E-state index contributed by atoms with van der Waals surface area (Å²) in [5, 5.41) is 0. The molecule has 3 nitrogen and oxygen atoms in total. The highest BCUT2D eigenvalue weighted by molar-refractivity contribution is 5.81. The molecule has 29 heavy (non-hydrogen) atoms. The summed E-state index contributed by atoms with van der Waals surface area (Å²) in [6, 6.07) is 21.6. The highest BCUT2D eigenvalue weighted by Gasteiger charge is 2.61. The molecule has 5 rings (SSSR count). The van der Waals surface area contributed by atoms with Crippen LogP contribution in [0.2, 0.25) is 0 Å². The predicted octanol–water partition coefficient (Wildman–Crippen LogP) is 4.80. The van der Waals surface area contributed by atoms with Crippen molar-refractivity contribution in [2.24, 2.45) is 11.8 Å². The zero-order chi connectivity index (χ0) is 19.7. The van der Waals surface area contributed by atoms with Crippen molar-refractivity contribution in [3.05, 3.63) is 71.8 Å². The van der Waals surface area contributed by atoms with Gasteiger partial charge in [-0.3, -0.25) is 9.69 Å². The van der Waals surface area contributed by atoms with Gasteiger partial charge in [0.2, 0.25) is 0 Å². The van der Waals surface area contributed by atoms with Crippen molar-refractivity contribution in [2.75, 3.05) is 19.7 Å². The number of fused-ring (bicyclic) bond motifs is 1. The van der Waals surface area contributed by atoms with Crippen LogP contribution in [-0.2, 0) is 14.9 Å². The number of rotatable bonds is 5. The van der Waals surface area contributed by atoms with Gasteiger partial charge in [0.15, 0.2) is 0 Å². The van der Waals surface area contributed by atoms with Crippen LogP contribution in [0.4, 0.5) is 0 Å². The molecule has 2 aliphatic heterocycles. The number of benzene rings is 2. The van der Waals surface area contributed by atoms with E-state index in [0.29, 0.717) is 18.6 Å². The first-order valence-electron chi connectivity index (χ1n) is 11.3. The molecule has 3 aliphatic rings. The smallest absolute Gasteiger partial charge is 0.310 e. The largest absolute Gasteiger partial charge is 0.465 e. The minimum atomic E-state index is -0.219. The Morgan fingerprint density at radius 3 is 2.24 bits per heavy atom. The summed E-state index contributed by atoms with van der Waals surface area (Å²) in [6.45, 7) is 3.04. The van der Waals surface area contributed by atoms with E-state index in [1.807, 2.05) is 12.1 Å². The van der Waals surface area contributed by atoms with Crippen LogP contribution in [0, 0.1) is 11.8 Å². The first kappa shape index (κ1) is 18.9. The first-order chi connectivity index (χ1) is 14.3. The molecule has 1 aliphatic carbocycles. The third-order valence-electron chi connectivity index (χ3n) is 7.49. The summed E-state index contributed by atoms with van der Waals surface area (Å²) < 4.78 is 5.99. The monoisotopic (exact) mass is 389 g/mol. The first-order valence-corrected chi connectivity index (χ1v) is 11.3. The molecular formula is C26H31NO2. The molecule has 0 unspecified atom stereocenters. The van der Waals surface area contributed by atoms with Crippen molar-refractivity contribution in [3.8, 4) is 0 Å². The Morgan fingerprint density at radius 1 is 0.897 bits per heavy atom. The van der Waals surface area contributed by atoms with E-state index >= 15 is 0 Å². The Balaban J connectivity index is 1.30. The highest BCUT2D eigenvalue weighted by Crippen LogP contribution is 2.59. The lowest BCUT2D eigenvalue weighted by Gasteiger charge is -2.44. The summed E-state index contributed by atoms with van der Waals surface area (Å²) in [5.74, 6) is 0.429. The zero-order valence-electron chi connectivity index (χ0n) is 17.1. The molecule has 0 N–H and O–H groups in total. The molecule has 2 aromatic rings. The van der Waals surface area contributed by atoms with Gasteiger partial charge in [0, 0.05) is 17.4 Å². The lowest BCUT2D eigenvalue weighted by molar-refractivity contribution is -0.148. The van der Waals surface area contributed by atoms with Gasteiger partial charge in [0.1, 0.15) is 0 Å². The van der Waals surface area contributed by atoms with Crippen LogP contribution in [0.15, 0.2) is 60.7 Å². The second-order valence-corrected chi connectivity index (χ2v) is 9.09. The summed E-state index contributed by atoms with van der Waals surface area (Å²) in [6.07, 6.45) is 7.19. The molecule has 1 saturated carbocycles. The lowest BCUT2D eigenvalue weighted by atomic mass is 9.84. The standard InChI is InChI=1S/C26H31NO2/c28-25(29-19-20-10-9-17-27-16-8-7-15-24(20)27)23-18-26(23,21-11-3-1-4-12-21)22-13-5-2-6-14-22/h1-6,11-14,20,23-24H,7-10,15-19H2/t20-,23+,24+/m0/s1. The Morgan fingerprint density at radius 2 is 1.55 bits per heavy atom. The summed E-state index contributed by atoms with van der Waals surface area (Å²) in [4.78, 5) is 15.8. The van der Waals surface area contributed by atoms with E-state index in [9.17, 15) is 4.79 Å². The summed E-state index contributed by atoms with van der Waals surface area (Å²) in [7, 11) is 0. The second kappa shape index (κ2) is 7.95. The van der Waals surface area contributed by atoms with Gasteiger partial charge in [0.05, 0.1) is 12.5 Å². The molecule has 0 amide bonds. The second-order valence-electron chi connectivity index (χ2n) is 9.09. The quantitative estimate of drug-likeness (QED) is 0.688. The maximum Gasteiger partial charge on any atom is 0.310 e. The van der Waals surface area contributed by atoms with Gasteiger partial charge < -0.3 is 4.74 Å². The van der Waals surface area contributed by atoms with Crippen molar-refractivity contribution in [1.82, 2.24) is 4.90 Å². The number of nitrogens with zero attached hydrogens (tertiary/aromatic N) is 1. The van der Waals surface area contributed by atoms with Crippen LogP contribution in [0.25, 0.3) is 0 Å². The SMILES string of the molecule is O=C(OC[C@@H]1CCCN2CCCC[C@H]12)[C@H]1CC1(c1ccccc1)c1ccccc1. The van der Waals surface area contributed by atoms with Gasteiger partial charge >= 0.3 is 5.97 Å². The van der Waals surface area contributed by atoms with Crippen LogP contribution < -0.4 is 0 Å².